The molecule has 0 saturated carbocycles. The Morgan fingerprint density at radius 1 is 1.33 bits per heavy atom. The number of hydrogen-bond donors (Lipinski definition) is 1. The molecule has 3 nitrogen and oxygen atoms in total. The van der Waals surface area contributed by atoms with Crippen LogP contribution in [0.4, 0.5) is 0 Å². The zero-order chi connectivity index (χ0) is 9.56. The van der Waals surface area contributed by atoms with E-state index in [9.17, 15) is 0 Å². The summed E-state index contributed by atoms with van der Waals surface area (Å²) in [6.07, 6.45) is -0.348. The number of allylic oxidation sites excluding steroid dienone is 2. The minimum absolute atomic E-state index is 0.0832. The van der Waals surface area contributed by atoms with E-state index >= 15 is 0 Å². The monoisotopic (exact) mass is 172 g/mol. The van der Waals surface area contributed by atoms with Gasteiger partial charge in [-0.1, -0.05) is 13.2 Å². The molecule has 1 unspecified atom stereocenters. The van der Waals surface area contributed by atoms with Crippen LogP contribution in [0.1, 0.15) is 13.8 Å². The van der Waals surface area contributed by atoms with Gasteiger partial charge in [-0.3, -0.25) is 0 Å². The minimum atomic E-state index is -0.348. The van der Waals surface area contributed by atoms with E-state index in [-0.39, 0.29) is 12.7 Å². The molecular formula is C9H16O3. The molecule has 1 N–H and O–H groups in total. The van der Waals surface area contributed by atoms with Crippen molar-refractivity contribution in [3.05, 3.63) is 24.7 Å². The number of rotatable bonds is 6. The van der Waals surface area contributed by atoms with Crippen molar-refractivity contribution in [3.8, 4) is 0 Å². The van der Waals surface area contributed by atoms with Crippen molar-refractivity contribution in [2.45, 2.75) is 20.0 Å². The van der Waals surface area contributed by atoms with Crippen molar-refractivity contribution in [1.82, 2.24) is 0 Å². The smallest absolute Gasteiger partial charge is 0.155 e. The first-order valence-electron chi connectivity index (χ1n) is 3.77. The van der Waals surface area contributed by atoms with Crippen LogP contribution in [0.5, 0.6) is 0 Å². The highest BCUT2D eigenvalue weighted by molar-refractivity contribution is 4.79. The van der Waals surface area contributed by atoms with Crippen LogP contribution in [0.3, 0.4) is 0 Å². The fraction of sp³-hybridized carbons (Fsp3) is 0.556. The summed E-state index contributed by atoms with van der Waals surface area (Å²) >= 11 is 0. The van der Waals surface area contributed by atoms with Gasteiger partial charge in [-0.05, 0) is 13.8 Å². The summed E-state index contributed by atoms with van der Waals surface area (Å²) in [7, 11) is 0. The SMILES string of the molecule is C=C(C)OCC(CO)OC(=C)C. The zero-order valence-electron chi connectivity index (χ0n) is 7.67. The Hall–Kier alpha value is -0.960. The lowest BCUT2D eigenvalue weighted by Crippen LogP contribution is -2.22. The lowest BCUT2D eigenvalue weighted by atomic mass is 10.4. The average Bonchev–Trinajstić information content (AvgIpc) is 1.97. The van der Waals surface area contributed by atoms with E-state index < -0.39 is 0 Å². The summed E-state index contributed by atoms with van der Waals surface area (Å²) in [5, 5.41) is 8.81. The molecule has 12 heavy (non-hydrogen) atoms. The van der Waals surface area contributed by atoms with Crippen molar-refractivity contribution in [1.29, 1.82) is 0 Å². The van der Waals surface area contributed by atoms with Crippen LogP contribution in [0.2, 0.25) is 0 Å². The first kappa shape index (κ1) is 11.0. The molecule has 0 aliphatic heterocycles. The van der Waals surface area contributed by atoms with E-state index in [1.54, 1.807) is 13.8 Å². The van der Waals surface area contributed by atoms with E-state index in [0.717, 1.165) is 0 Å². The van der Waals surface area contributed by atoms with Crippen LogP contribution in [0.15, 0.2) is 24.7 Å². The molecule has 3 heteroatoms. The van der Waals surface area contributed by atoms with Gasteiger partial charge in [-0.25, -0.2) is 0 Å². The second-order valence-electron chi connectivity index (χ2n) is 2.64. The highest BCUT2D eigenvalue weighted by atomic mass is 16.5. The van der Waals surface area contributed by atoms with Crippen molar-refractivity contribution in [2.24, 2.45) is 0 Å². The Balaban J connectivity index is 3.67. The van der Waals surface area contributed by atoms with Crippen LogP contribution in [0, 0.1) is 0 Å². The summed E-state index contributed by atoms with van der Waals surface area (Å²) in [5.74, 6) is 1.18. The molecule has 70 valence electrons. The van der Waals surface area contributed by atoms with Crippen LogP contribution < -0.4 is 0 Å². The van der Waals surface area contributed by atoms with Crippen molar-refractivity contribution in [3.63, 3.8) is 0 Å². The van der Waals surface area contributed by atoms with Crippen LogP contribution in [0.25, 0.3) is 0 Å². The molecule has 0 radical (unpaired) electrons. The molecule has 0 aromatic rings. The Labute approximate surface area is 73.3 Å². The first-order chi connectivity index (χ1) is 5.56. The molecule has 0 rings (SSSR count). The topological polar surface area (TPSA) is 38.7 Å². The third-order valence-electron chi connectivity index (χ3n) is 1.09. The second kappa shape index (κ2) is 5.66. The number of aliphatic hydroxyl groups excluding tert-OH is 1. The normalized spacial score (nSPS) is 11.9. The predicted octanol–water partition coefficient (Wildman–Crippen LogP) is 1.45. The number of hydrogen-bond acceptors (Lipinski definition) is 3. The minimum Gasteiger partial charge on any atom is -0.495 e. The quantitative estimate of drug-likeness (QED) is 0.616. The van der Waals surface area contributed by atoms with Gasteiger partial charge in [0.2, 0.25) is 0 Å². The fourth-order valence-corrected chi connectivity index (χ4v) is 0.644. The van der Waals surface area contributed by atoms with E-state index in [2.05, 4.69) is 13.2 Å². The maximum atomic E-state index is 8.81. The molecular weight excluding hydrogens is 156 g/mol. The Bertz CT molecular complexity index is 163. The van der Waals surface area contributed by atoms with Gasteiger partial charge in [-0.2, -0.15) is 0 Å². The van der Waals surface area contributed by atoms with Crippen LogP contribution in [-0.2, 0) is 9.47 Å². The van der Waals surface area contributed by atoms with Gasteiger partial charge in [-0.15, -0.1) is 0 Å². The summed E-state index contributed by atoms with van der Waals surface area (Å²) in [6.45, 7) is 10.8. The standard InChI is InChI=1S/C9H16O3/c1-7(2)11-6-9(5-10)12-8(3)4/h9-10H,1,3,5-6H2,2,4H3. The molecule has 0 fully saturated rings. The maximum absolute atomic E-state index is 8.81. The molecule has 0 saturated heterocycles. The Morgan fingerprint density at radius 3 is 2.25 bits per heavy atom. The number of aliphatic hydroxyl groups is 1. The van der Waals surface area contributed by atoms with Gasteiger partial charge in [0, 0.05) is 0 Å². The molecule has 0 heterocycles. The first-order valence-corrected chi connectivity index (χ1v) is 3.77. The van der Waals surface area contributed by atoms with E-state index in [0.29, 0.717) is 18.1 Å². The Kier molecular flexibility index (Phi) is 5.21. The van der Waals surface area contributed by atoms with Gasteiger partial charge < -0.3 is 14.6 Å². The van der Waals surface area contributed by atoms with Gasteiger partial charge in [0.15, 0.2) is 6.10 Å². The Morgan fingerprint density at radius 2 is 1.92 bits per heavy atom. The molecule has 0 bridgehead atoms. The summed E-state index contributed by atoms with van der Waals surface area (Å²) < 4.78 is 10.2. The largest absolute Gasteiger partial charge is 0.495 e. The van der Waals surface area contributed by atoms with Crippen LogP contribution in [-0.4, -0.2) is 24.4 Å². The maximum Gasteiger partial charge on any atom is 0.155 e. The van der Waals surface area contributed by atoms with Crippen molar-refractivity contribution in [2.75, 3.05) is 13.2 Å². The molecule has 1 atom stereocenters. The molecule has 0 spiro atoms. The lowest BCUT2D eigenvalue weighted by molar-refractivity contribution is 0.00773. The van der Waals surface area contributed by atoms with E-state index in [1.807, 2.05) is 0 Å². The fourth-order valence-electron chi connectivity index (χ4n) is 0.644. The molecule has 0 amide bonds. The summed E-state index contributed by atoms with van der Waals surface area (Å²) in [6, 6.07) is 0. The van der Waals surface area contributed by atoms with Gasteiger partial charge in [0.1, 0.15) is 6.61 Å². The average molecular weight is 172 g/mol. The van der Waals surface area contributed by atoms with E-state index in [1.165, 1.54) is 0 Å². The molecule has 0 aromatic carbocycles. The van der Waals surface area contributed by atoms with Gasteiger partial charge in [0.05, 0.1) is 18.1 Å². The van der Waals surface area contributed by atoms with Crippen molar-refractivity contribution >= 4 is 0 Å². The van der Waals surface area contributed by atoms with E-state index in [4.69, 9.17) is 14.6 Å². The second-order valence-corrected chi connectivity index (χ2v) is 2.64. The highest BCUT2D eigenvalue weighted by Gasteiger charge is 2.08. The zero-order valence-corrected chi connectivity index (χ0v) is 7.67. The third kappa shape index (κ3) is 5.80. The molecule has 0 aromatic heterocycles. The summed E-state index contributed by atoms with van der Waals surface area (Å²) in [4.78, 5) is 0. The molecule has 0 aliphatic rings. The van der Waals surface area contributed by atoms with Crippen molar-refractivity contribution < 1.29 is 14.6 Å². The van der Waals surface area contributed by atoms with Gasteiger partial charge >= 0.3 is 0 Å². The van der Waals surface area contributed by atoms with Gasteiger partial charge in [0.25, 0.3) is 0 Å². The lowest BCUT2D eigenvalue weighted by Gasteiger charge is -2.16. The molecule has 0 aliphatic carbocycles. The van der Waals surface area contributed by atoms with Crippen LogP contribution >= 0.6 is 0 Å². The third-order valence-corrected chi connectivity index (χ3v) is 1.09. The predicted molar refractivity (Wildman–Crippen MR) is 47.5 cm³/mol. The summed E-state index contributed by atoms with van der Waals surface area (Å²) in [5.41, 5.74) is 0. The highest BCUT2D eigenvalue weighted by Crippen LogP contribution is 2.02. The number of ether oxygens (including phenoxy) is 2.